The lowest BCUT2D eigenvalue weighted by atomic mass is 10.2. The molecule has 2 aromatic rings. The van der Waals surface area contributed by atoms with Gasteiger partial charge in [-0.2, -0.15) is 9.97 Å². The molecule has 14 nitrogen and oxygen atoms in total. The third-order valence-electron chi connectivity index (χ3n) is 5.66. The quantitative estimate of drug-likeness (QED) is 0.229. The number of aromatic nitrogens is 4. The zero-order chi connectivity index (χ0) is 26.6. The van der Waals surface area contributed by atoms with Gasteiger partial charge in [0, 0.05) is 25.2 Å². The highest BCUT2D eigenvalue weighted by molar-refractivity contribution is 5.48. The van der Waals surface area contributed by atoms with Crippen LogP contribution in [0.3, 0.4) is 0 Å². The molecule has 36 heavy (non-hydrogen) atoms. The second-order valence-corrected chi connectivity index (χ2v) is 7.98. The van der Waals surface area contributed by atoms with Gasteiger partial charge in [0.15, 0.2) is 0 Å². The number of aliphatic hydroxyl groups excluding tert-OH is 4. The number of ether oxygens (including phenoxy) is 2. The van der Waals surface area contributed by atoms with Gasteiger partial charge in [-0.15, -0.1) is 12.8 Å². The smallest absolute Gasteiger partial charge is 0.351 e. The molecule has 4 rings (SSSR count). The van der Waals surface area contributed by atoms with Gasteiger partial charge in [-0.3, -0.25) is 9.13 Å². The predicted octanol–water partition coefficient (Wildman–Crippen LogP) is -3.10. The van der Waals surface area contributed by atoms with E-state index in [9.17, 15) is 19.8 Å². The van der Waals surface area contributed by atoms with E-state index in [0.717, 1.165) is 0 Å². The van der Waals surface area contributed by atoms with Gasteiger partial charge in [0.05, 0.1) is 36.5 Å². The average Bonchev–Trinajstić information content (AvgIpc) is 3.41. The van der Waals surface area contributed by atoms with Crippen molar-refractivity contribution in [3.05, 3.63) is 44.5 Å². The van der Waals surface area contributed by atoms with E-state index in [-0.39, 0.29) is 48.8 Å². The van der Waals surface area contributed by atoms with Crippen LogP contribution in [-0.2, 0) is 9.47 Å². The molecule has 0 bridgehead atoms. The molecule has 6 atom stereocenters. The summed E-state index contributed by atoms with van der Waals surface area (Å²) < 4.78 is 13.0. The summed E-state index contributed by atoms with van der Waals surface area (Å²) in [6, 6.07) is 0. The summed E-state index contributed by atoms with van der Waals surface area (Å²) in [5.41, 5.74) is 10.3. The lowest BCUT2D eigenvalue weighted by molar-refractivity contribution is -0.0458. The summed E-state index contributed by atoms with van der Waals surface area (Å²) in [5.74, 6) is 4.58. The SMILES string of the molecule is C#Cc1cn([C@H]2C[C@H](O)[C@@H](CO)O2)c(=O)nc1N.C#Cc1cn([C@H]2C[C@H](O)[C@@H](CO)O2)c(=O)nc1N. The first-order chi connectivity index (χ1) is 17.1. The molecule has 0 radical (unpaired) electrons. The maximum absolute atomic E-state index is 11.7. The Hall–Kier alpha value is -3.76. The number of hydrogen-bond acceptors (Lipinski definition) is 12. The van der Waals surface area contributed by atoms with Gasteiger partial charge in [-0.1, -0.05) is 11.8 Å². The van der Waals surface area contributed by atoms with Crippen LogP contribution in [0.15, 0.2) is 22.0 Å². The molecule has 192 valence electrons. The van der Waals surface area contributed by atoms with Crippen LogP contribution in [0.25, 0.3) is 0 Å². The van der Waals surface area contributed by atoms with Crippen LogP contribution in [0.5, 0.6) is 0 Å². The molecular formula is C22H26N6O8. The Morgan fingerprint density at radius 2 is 1.22 bits per heavy atom. The number of rotatable bonds is 4. The van der Waals surface area contributed by atoms with Crippen LogP contribution >= 0.6 is 0 Å². The van der Waals surface area contributed by atoms with Crippen molar-refractivity contribution in [2.75, 3.05) is 24.7 Å². The van der Waals surface area contributed by atoms with Gasteiger partial charge in [0.1, 0.15) is 36.3 Å². The highest BCUT2D eigenvalue weighted by Gasteiger charge is 2.36. The highest BCUT2D eigenvalue weighted by Crippen LogP contribution is 2.28. The Morgan fingerprint density at radius 3 is 1.50 bits per heavy atom. The summed E-state index contributed by atoms with van der Waals surface area (Å²) in [6.45, 7) is -0.645. The number of aliphatic hydroxyl groups is 4. The van der Waals surface area contributed by atoms with E-state index >= 15 is 0 Å². The van der Waals surface area contributed by atoms with Gasteiger partial charge < -0.3 is 41.4 Å². The first kappa shape index (κ1) is 26.8. The molecule has 2 aliphatic rings. The van der Waals surface area contributed by atoms with Gasteiger partial charge in [-0.05, 0) is 0 Å². The Balaban J connectivity index is 0.000000201. The fourth-order valence-electron chi connectivity index (χ4n) is 3.70. The van der Waals surface area contributed by atoms with E-state index in [2.05, 4.69) is 21.8 Å². The zero-order valence-corrected chi connectivity index (χ0v) is 19.0. The fraction of sp³-hybridized carbons (Fsp3) is 0.455. The number of anilines is 2. The minimum atomic E-state index is -0.835. The second kappa shape index (κ2) is 11.3. The van der Waals surface area contributed by atoms with E-state index in [4.69, 9.17) is 44.0 Å². The van der Waals surface area contributed by atoms with Crippen LogP contribution in [0.4, 0.5) is 11.6 Å². The van der Waals surface area contributed by atoms with Gasteiger partial charge in [0.2, 0.25) is 0 Å². The van der Waals surface area contributed by atoms with E-state index < -0.39 is 48.3 Å². The molecule has 0 unspecified atom stereocenters. The molecule has 2 aliphatic heterocycles. The van der Waals surface area contributed by atoms with Crippen LogP contribution in [0, 0.1) is 24.7 Å². The molecule has 8 N–H and O–H groups in total. The maximum Gasteiger partial charge on any atom is 0.351 e. The fourth-order valence-corrected chi connectivity index (χ4v) is 3.70. The molecule has 2 aromatic heterocycles. The summed E-state index contributed by atoms with van der Waals surface area (Å²) in [7, 11) is 0. The van der Waals surface area contributed by atoms with Crippen molar-refractivity contribution >= 4 is 11.6 Å². The lowest BCUT2D eigenvalue weighted by Gasteiger charge is -2.14. The van der Waals surface area contributed by atoms with E-state index in [1.165, 1.54) is 21.5 Å². The number of nitrogens with zero attached hydrogens (tertiary/aromatic N) is 4. The minimum Gasteiger partial charge on any atom is -0.394 e. The largest absolute Gasteiger partial charge is 0.394 e. The molecule has 0 aliphatic carbocycles. The summed E-state index contributed by atoms with van der Waals surface area (Å²) >= 11 is 0. The van der Waals surface area contributed by atoms with Crippen LogP contribution in [-0.4, -0.2) is 77.2 Å². The monoisotopic (exact) mass is 502 g/mol. The topological polar surface area (TPSA) is 221 Å². The molecular weight excluding hydrogens is 476 g/mol. The minimum absolute atomic E-state index is 0.0176. The van der Waals surface area contributed by atoms with Crippen molar-refractivity contribution in [1.29, 1.82) is 0 Å². The van der Waals surface area contributed by atoms with E-state index in [1.54, 1.807) is 0 Å². The second-order valence-electron chi connectivity index (χ2n) is 7.98. The Morgan fingerprint density at radius 1 is 0.861 bits per heavy atom. The van der Waals surface area contributed by atoms with Gasteiger partial charge >= 0.3 is 11.4 Å². The predicted molar refractivity (Wildman–Crippen MR) is 125 cm³/mol. The van der Waals surface area contributed by atoms with Gasteiger partial charge in [0.25, 0.3) is 0 Å². The maximum atomic E-state index is 11.7. The first-order valence-corrected chi connectivity index (χ1v) is 10.7. The van der Waals surface area contributed by atoms with Crippen molar-refractivity contribution < 1.29 is 29.9 Å². The number of terminal acetylenes is 2. The van der Waals surface area contributed by atoms with Crippen molar-refractivity contribution in [1.82, 2.24) is 19.1 Å². The van der Waals surface area contributed by atoms with E-state index in [0.29, 0.717) is 0 Å². The lowest BCUT2D eigenvalue weighted by Crippen LogP contribution is -2.28. The summed E-state index contributed by atoms with van der Waals surface area (Å²) in [4.78, 5) is 30.5. The number of nitrogens with two attached hydrogens (primary N) is 2. The molecule has 4 heterocycles. The molecule has 0 aromatic carbocycles. The molecule has 0 saturated carbocycles. The summed E-state index contributed by atoms with van der Waals surface area (Å²) in [6.07, 6.45) is 9.05. The third-order valence-corrected chi connectivity index (χ3v) is 5.66. The highest BCUT2D eigenvalue weighted by atomic mass is 16.5. The van der Waals surface area contributed by atoms with Crippen LogP contribution in [0.2, 0.25) is 0 Å². The Labute approximate surface area is 204 Å². The standard InChI is InChI=1S/2C11H13N3O4/c2*1-2-6-4-14(11(17)13-10(6)12)9-3-7(16)8(5-15)18-9/h2*1,4,7-9,15-16H,3,5H2,(H2,12,13,17)/t2*7-,8+,9+/m00/s1. The average molecular weight is 502 g/mol. The van der Waals surface area contributed by atoms with Crippen molar-refractivity contribution in [2.24, 2.45) is 0 Å². The zero-order valence-electron chi connectivity index (χ0n) is 19.0. The molecule has 2 fully saturated rings. The van der Waals surface area contributed by atoms with E-state index in [1.807, 2.05) is 0 Å². The third kappa shape index (κ3) is 5.55. The first-order valence-electron chi connectivity index (χ1n) is 10.7. The van der Waals surface area contributed by atoms with Crippen LogP contribution in [0.1, 0.15) is 36.4 Å². The summed E-state index contributed by atoms with van der Waals surface area (Å²) in [5, 5.41) is 37.2. The molecule has 0 amide bonds. The Bertz CT molecular complexity index is 1200. The van der Waals surface area contributed by atoms with Crippen molar-refractivity contribution in [2.45, 2.75) is 49.7 Å². The molecule has 0 spiro atoms. The molecule has 14 heteroatoms. The van der Waals surface area contributed by atoms with Crippen molar-refractivity contribution in [3.8, 4) is 24.7 Å². The molecule has 2 saturated heterocycles. The van der Waals surface area contributed by atoms with Crippen LogP contribution < -0.4 is 22.8 Å². The number of nitrogen functional groups attached to an aromatic ring is 2. The van der Waals surface area contributed by atoms with Crippen molar-refractivity contribution in [3.63, 3.8) is 0 Å². The normalized spacial score (nSPS) is 27.1. The Kier molecular flexibility index (Phi) is 8.44. The number of hydrogen-bond donors (Lipinski definition) is 6. The van der Waals surface area contributed by atoms with Gasteiger partial charge in [-0.25, -0.2) is 9.59 Å².